The number of anilines is 1. The van der Waals surface area contributed by atoms with Crippen LogP contribution in [0.1, 0.15) is 36.8 Å². The fourth-order valence-electron chi connectivity index (χ4n) is 3.65. The van der Waals surface area contributed by atoms with Gasteiger partial charge in [-0.2, -0.15) is 4.98 Å². The molecule has 1 saturated heterocycles. The van der Waals surface area contributed by atoms with Crippen LogP contribution in [0.3, 0.4) is 0 Å². The maximum Gasteiger partial charge on any atom is 0.469 e. The molecule has 0 spiro atoms. The fourth-order valence-corrected chi connectivity index (χ4v) is 4.99. The van der Waals surface area contributed by atoms with E-state index >= 15 is 0 Å². The van der Waals surface area contributed by atoms with Crippen molar-refractivity contribution in [2.45, 2.75) is 56.7 Å². The number of aromatic nitrogens is 2. The van der Waals surface area contributed by atoms with Crippen LogP contribution in [0.4, 0.5) is 5.82 Å². The first kappa shape index (κ1) is 28.4. The molecular formula is C20H30N5O9PS. The number of thiophene rings is 1. The molecule has 14 nitrogen and oxygen atoms in total. The number of carboxylic acids is 1. The third-order valence-corrected chi connectivity index (χ3v) is 7.17. The minimum Gasteiger partial charge on any atom is -0.480 e. The molecule has 0 aromatic carbocycles. The highest BCUT2D eigenvalue weighted by molar-refractivity contribution is 7.46. The summed E-state index contributed by atoms with van der Waals surface area (Å²) in [7, 11) is -4.74. The Kier molecular flexibility index (Phi) is 9.74. The highest BCUT2D eigenvalue weighted by atomic mass is 32.1. The van der Waals surface area contributed by atoms with Crippen LogP contribution in [0.5, 0.6) is 0 Å². The molecule has 1 aliphatic rings. The highest BCUT2D eigenvalue weighted by Crippen LogP contribution is 2.38. The summed E-state index contributed by atoms with van der Waals surface area (Å²) in [6, 6.07) is 2.91. The number of nitrogens with one attached hydrogen (secondary N) is 1. The van der Waals surface area contributed by atoms with Gasteiger partial charge >= 0.3 is 19.5 Å². The predicted octanol–water partition coefficient (Wildman–Crippen LogP) is -0.0165. The molecule has 0 amide bonds. The van der Waals surface area contributed by atoms with E-state index in [0.717, 1.165) is 16.2 Å². The molecule has 200 valence electrons. The van der Waals surface area contributed by atoms with Gasteiger partial charge in [0.1, 0.15) is 24.2 Å². The lowest BCUT2D eigenvalue weighted by Gasteiger charge is -2.17. The van der Waals surface area contributed by atoms with Crippen LogP contribution in [0.2, 0.25) is 0 Å². The van der Waals surface area contributed by atoms with Gasteiger partial charge < -0.3 is 41.5 Å². The van der Waals surface area contributed by atoms with Crippen molar-refractivity contribution < 1.29 is 38.6 Å². The number of carboxylic acid groups (broad SMARTS) is 1. The van der Waals surface area contributed by atoms with E-state index in [-0.39, 0.29) is 12.2 Å². The number of ether oxygens (including phenoxy) is 1. The summed E-state index contributed by atoms with van der Waals surface area (Å²) in [6.07, 6.45) is 0.337. The van der Waals surface area contributed by atoms with Gasteiger partial charge in [0.25, 0.3) is 0 Å². The molecule has 2 aromatic rings. The van der Waals surface area contributed by atoms with Gasteiger partial charge in [0.2, 0.25) is 0 Å². The van der Waals surface area contributed by atoms with Crippen molar-refractivity contribution in [1.82, 2.24) is 14.9 Å². The molecule has 16 heteroatoms. The summed E-state index contributed by atoms with van der Waals surface area (Å²) >= 11 is 1.45. The molecule has 36 heavy (non-hydrogen) atoms. The van der Waals surface area contributed by atoms with E-state index < -0.39 is 50.6 Å². The van der Waals surface area contributed by atoms with Crippen LogP contribution in [-0.2, 0) is 25.2 Å². The molecule has 0 saturated carbocycles. The second-order valence-electron chi connectivity index (χ2n) is 8.33. The minimum atomic E-state index is -4.74. The normalized spacial score (nSPS) is 21.1. The first-order chi connectivity index (χ1) is 16.9. The predicted molar refractivity (Wildman–Crippen MR) is 130 cm³/mol. The van der Waals surface area contributed by atoms with Crippen molar-refractivity contribution in [3.63, 3.8) is 0 Å². The zero-order chi connectivity index (χ0) is 26.5. The van der Waals surface area contributed by atoms with Gasteiger partial charge in [0.15, 0.2) is 0 Å². The summed E-state index contributed by atoms with van der Waals surface area (Å²) in [4.78, 5) is 46.5. The molecule has 0 bridgehead atoms. The molecule has 0 radical (unpaired) electrons. The SMILES string of the molecule is Nc1nc(=O)n([C@H]2C[C@H](O)[C@@H](COP(=O)(O)O)O2)cc1-c1ccc(CNCCCC[C@H](N)C(=O)O)s1. The van der Waals surface area contributed by atoms with Crippen LogP contribution in [-0.4, -0.2) is 66.9 Å². The third kappa shape index (κ3) is 7.90. The zero-order valence-corrected chi connectivity index (χ0v) is 20.9. The summed E-state index contributed by atoms with van der Waals surface area (Å²) in [5.41, 5.74) is 11.3. The van der Waals surface area contributed by atoms with Gasteiger partial charge in [-0.05, 0) is 31.5 Å². The minimum absolute atomic E-state index is 0.00287. The van der Waals surface area contributed by atoms with E-state index in [0.29, 0.717) is 31.5 Å². The summed E-state index contributed by atoms with van der Waals surface area (Å²) < 4.78 is 22.1. The van der Waals surface area contributed by atoms with Crippen molar-refractivity contribution in [2.75, 3.05) is 18.9 Å². The lowest BCUT2D eigenvalue weighted by atomic mass is 10.1. The van der Waals surface area contributed by atoms with Gasteiger partial charge in [0.05, 0.1) is 18.3 Å². The number of nitrogens with zero attached hydrogens (tertiary/aromatic N) is 2. The van der Waals surface area contributed by atoms with Crippen molar-refractivity contribution in [3.05, 3.63) is 33.7 Å². The van der Waals surface area contributed by atoms with E-state index in [4.69, 9.17) is 31.1 Å². The van der Waals surface area contributed by atoms with Gasteiger partial charge in [-0.1, -0.05) is 6.42 Å². The number of aliphatic hydroxyl groups is 1. The second kappa shape index (κ2) is 12.4. The Hall–Kier alpha value is -2.20. The number of hydrogen-bond donors (Lipinski definition) is 7. The average Bonchev–Trinajstić information content (AvgIpc) is 3.40. The Balaban J connectivity index is 1.60. The number of aliphatic carboxylic acids is 1. The number of aliphatic hydroxyl groups excluding tert-OH is 1. The van der Waals surface area contributed by atoms with Crippen LogP contribution in [0.25, 0.3) is 10.4 Å². The fraction of sp³-hybridized carbons (Fsp3) is 0.550. The first-order valence-electron chi connectivity index (χ1n) is 11.1. The van der Waals surface area contributed by atoms with E-state index in [2.05, 4.69) is 14.8 Å². The maximum absolute atomic E-state index is 12.5. The molecule has 3 heterocycles. The standard InChI is InChI=1S/C20H30N5O9PS/c21-13(19(27)28)3-1-2-6-23-8-11-4-5-16(36-11)12-9-25(20(29)24-18(12)22)17-7-14(26)15(34-17)10-33-35(30,31)32/h4-5,9,13-15,17,23,26H,1-3,6-8,10,21H2,(H,27,28)(H2,22,24,29)(H2,30,31,32)/t13-,14-,15+,17+/m0/s1. The summed E-state index contributed by atoms with van der Waals surface area (Å²) in [5.74, 6) is -0.967. The molecule has 4 atom stereocenters. The lowest BCUT2D eigenvalue weighted by Crippen LogP contribution is -2.30. The zero-order valence-electron chi connectivity index (χ0n) is 19.2. The van der Waals surface area contributed by atoms with E-state index in [9.17, 15) is 19.3 Å². The quantitative estimate of drug-likeness (QED) is 0.129. The largest absolute Gasteiger partial charge is 0.480 e. The molecular weight excluding hydrogens is 517 g/mol. The van der Waals surface area contributed by atoms with Gasteiger partial charge in [0, 0.05) is 28.9 Å². The Morgan fingerprint density at radius 1 is 1.39 bits per heavy atom. The Labute approximate surface area is 210 Å². The molecule has 0 unspecified atom stereocenters. The molecule has 1 aliphatic heterocycles. The topological polar surface area (TPSA) is 232 Å². The van der Waals surface area contributed by atoms with Crippen molar-refractivity contribution in [1.29, 1.82) is 0 Å². The number of carbonyl (C=O) groups is 1. The Morgan fingerprint density at radius 3 is 2.83 bits per heavy atom. The van der Waals surface area contributed by atoms with Gasteiger partial charge in [-0.15, -0.1) is 11.3 Å². The number of unbranched alkanes of at least 4 members (excludes halogenated alkanes) is 1. The molecule has 0 aliphatic carbocycles. The van der Waals surface area contributed by atoms with Crippen LogP contribution >= 0.6 is 19.2 Å². The van der Waals surface area contributed by atoms with Gasteiger partial charge in [-0.25, -0.2) is 9.36 Å². The van der Waals surface area contributed by atoms with Crippen LogP contribution in [0, 0.1) is 0 Å². The monoisotopic (exact) mass is 547 g/mol. The number of phosphoric ester groups is 1. The van der Waals surface area contributed by atoms with E-state index in [1.54, 1.807) is 0 Å². The van der Waals surface area contributed by atoms with Crippen molar-refractivity contribution >= 4 is 30.9 Å². The number of hydrogen-bond acceptors (Lipinski definition) is 11. The third-order valence-electron chi connectivity index (χ3n) is 5.56. The summed E-state index contributed by atoms with van der Waals surface area (Å²) in [5, 5.41) is 22.3. The molecule has 1 fully saturated rings. The van der Waals surface area contributed by atoms with Crippen molar-refractivity contribution in [3.8, 4) is 10.4 Å². The molecule has 2 aromatic heterocycles. The molecule has 3 rings (SSSR count). The molecule has 9 N–H and O–H groups in total. The van der Waals surface area contributed by atoms with Gasteiger partial charge in [-0.3, -0.25) is 13.9 Å². The van der Waals surface area contributed by atoms with E-state index in [1.165, 1.54) is 22.1 Å². The summed E-state index contributed by atoms with van der Waals surface area (Å²) in [6.45, 7) is 0.740. The smallest absolute Gasteiger partial charge is 0.469 e. The second-order valence-corrected chi connectivity index (χ2v) is 10.7. The number of nitrogens with two attached hydrogens (primary N) is 2. The number of nitrogen functional groups attached to an aromatic ring is 1. The highest BCUT2D eigenvalue weighted by Gasteiger charge is 2.37. The van der Waals surface area contributed by atoms with Crippen molar-refractivity contribution in [2.24, 2.45) is 5.73 Å². The average molecular weight is 548 g/mol. The number of phosphoric acid groups is 1. The maximum atomic E-state index is 12.5. The van der Waals surface area contributed by atoms with Crippen LogP contribution < -0.4 is 22.5 Å². The van der Waals surface area contributed by atoms with Crippen LogP contribution in [0.15, 0.2) is 23.1 Å². The lowest BCUT2D eigenvalue weighted by molar-refractivity contribution is -0.138. The first-order valence-corrected chi connectivity index (χ1v) is 13.5. The Bertz CT molecular complexity index is 1150. The van der Waals surface area contributed by atoms with E-state index in [1.807, 2.05) is 12.1 Å². The Morgan fingerprint density at radius 2 is 2.14 bits per heavy atom. The number of rotatable bonds is 13.